The summed E-state index contributed by atoms with van der Waals surface area (Å²) in [6, 6.07) is 13.2. The molecule has 0 N–H and O–H groups in total. The van der Waals surface area contributed by atoms with Crippen LogP contribution in [-0.4, -0.2) is 33.2 Å². The predicted molar refractivity (Wildman–Crippen MR) is 98.8 cm³/mol. The molecule has 130 valence electrons. The van der Waals surface area contributed by atoms with Crippen LogP contribution in [0, 0.1) is 0 Å². The van der Waals surface area contributed by atoms with Gasteiger partial charge in [-0.15, -0.1) is 0 Å². The minimum Gasteiger partial charge on any atom is -0.308 e. The molecule has 0 saturated carbocycles. The Morgan fingerprint density at radius 2 is 1.84 bits per heavy atom. The maximum absolute atomic E-state index is 13.0. The topological polar surface area (TPSA) is 57.7 Å². The number of anilines is 2. The number of rotatable bonds is 2. The van der Waals surface area contributed by atoms with Crippen LogP contribution in [0.15, 0.2) is 42.5 Å². The molecule has 0 aromatic heterocycles. The molecule has 2 heterocycles. The second kappa shape index (κ2) is 5.59. The standard InChI is InChI=1S/C19H20N2O3S/c1-13-11-16-12-15(7-8-18(16)21(13)25(2,23)24)19(22)20-10-9-14-5-3-4-6-17(14)20/h3-8,12-13H,9-11H2,1-2H3. The van der Waals surface area contributed by atoms with Gasteiger partial charge in [0, 0.05) is 23.8 Å². The summed E-state index contributed by atoms with van der Waals surface area (Å²) in [5.41, 5.74) is 4.37. The van der Waals surface area contributed by atoms with Crippen molar-refractivity contribution in [2.45, 2.75) is 25.8 Å². The molecule has 0 radical (unpaired) electrons. The molecule has 2 aliphatic heterocycles. The lowest BCUT2D eigenvalue weighted by Gasteiger charge is -2.22. The minimum absolute atomic E-state index is 0.0294. The van der Waals surface area contributed by atoms with E-state index in [4.69, 9.17) is 0 Å². The molecule has 2 aliphatic rings. The number of sulfonamides is 1. The molecule has 6 heteroatoms. The van der Waals surface area contributed by atoms with E-state index < -0.39 is 10.0 Å². The molecule has 5 nitrogen and oxygen atoms in total. The first-order valence-electron chi connectivity index (χ1n) is 8.38. The lowest BCUT2D eigenvalue weighted by molar-refractivity contribution is 0.0989. The zero-order valence-corrected chi connectivity index (χ0v) is 15.1. The molecule has 2 aromatic rings. The fraction of sp³-hybridized carbons (Fsp3) is 0.316. The third-order valence-electron chi connectivity index (χ3n) is 4.97. The molecule has 1 unspecified atom stereocenters. The number of para-hydroxylation sites is 1. The summed E-state index contributed by atoms with van der Waals surface area (Å²) >= 11 is 0. The fourth-order valence-corrected chi connectivity index (χ4v) is 5.21. The first kappa shape index (κ1) is 16.1. The van der Waals surface area contributed by atoms with Crippen molar-refractivity contribution >= 4 is 27.3 Å². The summed E-state index contributed by atoms with van der Waals surface area (Å²) in [6.07, 6.45) is 2.71. The van der Waals surface area contributed by atoms with E-state index in [1.54, 1.807) is 12.1 Å². The van der Waals surface area contributed by atoms with Crippen molar-refractivity contribution < 1.29 is 13.2 Å². The normalized spacial score (nSPS) is 19.0. The molecule has 1 atom stereocenters. The Hall–Kier alpha value is -2.34. The highest BCUT2D eigenvalue weighted by Gasteiger charge is 2.33. The van der Waals surface area contributed by atoms with Crippen molar-refractivity contribution in [1.82, 2.24) is 0 Å². The van der Waals surface area contributed by atoms with E-state index in [-0.39, 0.29) is 11.9 Å². The smallest absolute Gasteiger partial charge is 0.258 e. The van der Waals surface area contributed by atoms with Gasteiger partial charge in [0.1, 0.15) is 0 Å². The van der Waals surface area contributed by atoms with Gasteiger partial charge in [-0.1, -0.05) is 18.2 Å². The van der Waals surface area contributed by atoms with Gasteiger partial charge in [-0.05, 0) is 55.2 Å². The summed E-state index contributed by atoms with van der Waals surface area (Å²) in [7, 11) is -3.32. The molecule has 1 amide bonds. The highest BCUT2D eigenvalue weighted by molar-refractivity contribution is 7.92. The van der Waals surface area contributed by atoms with Gasteiger partial charge < -0.3 is 4.90 Å². The van der Waals surface area contributed by atoms with Crippen molar-refractivity contribution in [3.63, 3.8) is 0 Å². The third-order valence-corrected chi connectivity index (χ3v) is 6.24. The van der Waals surface area contributed by atoms with Gasteiger partial charge in [0.25, 0.3) is 5.91 Å². The zero-order valence-electron chi connectivity index (χ0n) is 14.3. The molecule has 2 aromatic carbocycles. The first-order valence-corrected chi connectivity index (χ1v) is 10.2. The molecular formula is C19H20N2O3S. The Morgan fingerprint density at radius 3 is 2.60 bits per heavy atom. The molecule has 0 aliphatic carbocycles. The highest BCUT2D eigenvalue weighted by atomic mass is 32.2. The number of hydrogen-bond donors (Lipinski definition) is 0. The Balaban J connectivity index is 1.68. The molecule has 0 fully saturated rings. The van der Waals surface area contributed by atoms with Gasteiger partial charge in [0.05, 0.1) is 11.9 Å². The van der Waals surface area contributed by atoms with Crippen molar-refractivity contribution in [3.8, 4) is 0 Å². The van der Waals surface area contributed by atoms with Gasteiger partial charge in [0.2, 0.25) is 10.0 Å². The Labute approximate surface area is 147 Å². The summed E-state index contributed by atoms with van der Waals surface area (Å²) in [4.78, 5) is 14.8. The van der Waals surface area contributed by atoms with E-state index in [1.165, 1.54) is 16.1 Å². The Bertz CT molecular complexity index is 968. The van der Waals surface area contributed by atoms with Gasteiger partial charge in [-0.2, -0.15) is 0 Å². The summed E-state index contributed by atoms with van der Waals surface area (Å²) < 4.78 is 25.5. The van der Waals surface area contributed by atoms with Crippen LogP contribution in [0.3, 0.4) is 0 Å². The van der Waals surface area contributed by atoms with Gasteiger partial charge in [-0.25, -0.2) is 8.42 Å². The second-order valence-corrected chi connectivity index (χ2v) is 8.65. The summed E-state index contributed by atoms with van der Waals surface area (Å²) in [5.74, 6) is -0.0294. The van der Waals surface area contributed by atoms with Crippen LogP contribution in [0.2, 0.25) is 0 Å². The lowest BCUT2D eigenvalue weighted by Crippen LogP contribution is -2.34. The highest BCUT2D eigenvalue weighted by Crippen LogP contribution is 2.36. The molecule has 25 heavy (non-hydrogen) atoms. The molecular weight excluding hydrogens is 336 g/mol. The van der Waals surface area contributed by atoms with Crippen LogP contribution >= 0.6 is 0 Å². The monoisotopic (exact) mass is 356 g/mol. The second-order valence-electron chi connectivity index (χ2n) is 6.79. The van der Waals surface area contributed by atoms with Gasteiger partial charge >= 0.3 is 0 Å². The third kappa shape index (κ3) is 2.61. The maximum atomic E-state index is 13.0. The number of hydrogen-bond acceptors (Lipinski definition) is 3. The van der Waals surface area contributed by atoms with E-state index in [0.29, 0.717) is 24.2 Å². The lowest BCUT2D eigenvalue weighted by atomic mass is 10.1. The van der Waals surface area contributed by atoms with Gasteiger partial charge in [0.15, 0.2) is 0 Å². The van der Waals surface area contributed by atoms with E-state index in [0.717, 1.165) is 17.7 Å². The minimum atomic E-state index is -3.32. The number of carbonyl (C=O) groups is 1. The van der Waals surface area contributed by atoms with Crippen LogP contribution in [0.25, 0.3) is 0 Å². The number of nitrogens with zero attached hydrogens (tertiary/aromatic N) is 2. The SMILES string of the molecule is CC1Cc2cc(C(=O)N3CCc4ccccc43)ccc2N1S(C)(=O)=O. The zero-order chi connectivity index (χ0) is 17.8. The van der Waals surface area contributed by atoms with E-state index in [2.05, 4.69) is 6.07 Å². The van der Waals surface area contributed by atoms with E-state index in [1.807, 2.05) is 36.1 Å². The number of fused-ring (bicyclic) bond motifs is 2. The average Bonchev–Trinajstić information content (AvgIpc) is 3.12. The van der Waals surface area contributed by atoms with Crippen LogP contribution in [-0.2, 0) is 22.9 Å². The van der Waals surface area contributed by atoms with E-state index >= 15 is 0 Å². The van der Waals surface area contributed by atoms with Gasteiger partial charge in [-0.3, -0.25) is 9.10 Å². The summed E-state index contributed by atoms with van der Waals surface area (Å²) in [5, 5.41) is 0. The quantitative estimate of drug-likeness (QED) is 0.831. The van der Waals surface area contributed by atoms with Crippen molar-refractivity contribution in [2.75, 3.05) is 22.0 Å². The van der Waals surface area contributed by atoms with E-state index in [9.17, 15) is 13.2 Å². The first-order chi connectivity index (χ1) is 11.9. The summed E-state index contributed by atoms with van der Waals surface area (Å²) in [6.45, 7) is 2.57. The molecule has 0 spiro atoms. The number of benzene rings is 2. The Morgan fingerprint density at radius 1 is 1.08 bits per heavy atom. The van der Waals surface area contributed by atoms with Crippen LogP contribution in [0.5, 0.6) is 0 Å². The fourth-order valence-electron chi connectivity index (χ4n) is 3.95. The van der Waals surface area contributed by atoms with Crippen molar-refractivity contribution in [3.05, 3.63) is 59.2 Å². The largest absolute Gasteiger partial charge is 0.308 e. The molecule has 4 rings (SSSR count). The van der Waals surface area contributed by atoms with Crippen LogP contribution in [0.4, 0.5) is 11.4 Å². The maximum Gasteiger partial charge on any atom is 0.258 e. The Kier molecular flexibility index (Phi) is 3.61. The van der Waals surface area contributed by atoms with Crippen molar-refractivity contribution in [1.29, 1.82) is 0 Å². The number of amides is 1. The molecule has 0 bridgehead atoms. The molecule has 0 saturated heterocycles. The van der Waals surface area contributed by atoms with Crippen LogP contribution in [0.1, 0.15) is 28.4 Å². The average molecular weight is 356 g/mol. The van der Waals surface area contributed by atoms with Crippen molar-refractivity contribution in [2.24, 2.45) is 0 Å². The van der Waals surface area contributed by atoms with Crippen LogP contribution < -0.4 is 9.21 Å². The predicted octanol–water partition coefficient (Wildman–Crippen LogP) is 2.60. The number of carbonyl (C=O) groups excluding carboxylic acids is 1.